The maximum Gasteiger partial charge on any atom is -0.0389 e. The van der Waals surface area contributed by atoms with Gasteiger partial charge in [0.05, 0.1) is 0 Å². The topological polar surface area (TPSA) is 0 Å². The van der Waals surface area contributed by atoms with Gasteiger partial charge in [-0.3, -0.25) is 0 Å². The van der Waals surface area contributed by atoms with Crippen LogP contribution in [0, 0.1) is 11.8 Å². The van der Waals surface area contributed by atoms with Crippen LogP contribution >= 0.6 is 0 Å². The summed E-state index contributed by atoms with van der Waals surface area (Å²) < 4.78 is 0. The maximum absolute atomic E-state index is 2.40. The average molecular weight is 126 g/mol. The molecule has 0 spiro atoms. The Hall–Kier alpha value is 0. The molecule has 0 saturated heterocycles. The Morgan fingerprint density at radius 1 is 1.33 bits per heavy atom. The zero-order valence-corrected chi connectivity index (χ0v) is 6.69. The number of hydrogen-bond acceptors (Lipinski definition) is 0. The van der Waals surface area contributed by atoms with Crippen LogP contribution in [0.15, 0.2) is 0 Å². The van der Waals surface area contributed by atoms with Gasteiger partial charge in [-0.05, 0) is 11.8 Å². The van der Waals surface area contributed by atoms with Crippen LogP contribution in [0.25, 0.3) is 0 Å². The summed E-state index contributed by atoms with van der Waals surface area (Å²) in [5.41, 5.74) is 0. The molecule has 0 bridgehead atoms. The Kier molecular flexibility index (Phi) is 2.56. The Balaban J connectivity index is 2.24. The lowest BCUT2D eigenvalue weighted by Crippen LogP contribution is -2.05. The summed E-state index contributed by atoms with van der Waals surface area (Å²) >= 11 is 0. The summed E-state index contributed by atoms with van der Waals surface area (Å²) in [5.74, 6) is 2.07. The fourth-order valence-corrected chi connectivity index (χ4v) is 1.86. The van der Waals surface area contributed by atoms with Crippen LogP contribution in [0.5, 0.6) is 0 Å². The summed E-state index contributed by atoms with van der Waals surface area (Å²) in [7, 11) is 0. The monoisotopic (exact) mass is 126 g/mol. The second kappa shape index (κ2) is 3.24. The van der Waals surface area contributed by atoms with Gasteiger partial charge in [0.1, 0.15) is 0 Å². The lowest BCUT2D eigenvalue weighted by Gasteiger charge is -2.15. The van der Waals surface area contributed by atoms with E-state index in [1.807, 2.05) is 0 Å². The van der Waals surface area contributed by atoms with Crippen LogP contribution in [0.4, 0.5) is 0 Å². The van der Waals surface area contributed by atoms with E-state index in [4.69, 9.17) is 0 Å². The van der Waals surface area contributed by atoms with Gasteiger partial charge in [0.15, 0.2) is 0 Å². The molecule has 1 fully saturated rings. The highest BCUT2D eigenvalue weighted by Crippen LogP contribution is 2.32. The van der Waals surface area contributed by atoms with Crippen molar-refractivity contribution < 1.29 is 0 Å². The number of hydrogen-bond donors (Lipinski definition) is 0. The minimum Gasteiger partial charge on any atom is -0.0651 e. The molecule has 1 atom stereocenters. The van der Waals surface area contributed by atoms with Crippen molar-refractivity contribution in [1.29, 1.82) is 0 Å². The van der Waals surface area contributed by atoms with Crippen molar-refractivity contribution in [2.45, 2.75) is 46.0 Å². The number of rotatable bonds is 2. The van der Waals surface area contributed by atoms with E-state index in [-0.39, 0.29) is 0 Å². The van der Waals surface area contributed by atoms with Gasteiger partial charge in [0.2, 0.25) is 0 Å². The van der Waals surface area contributed by atoms with Gasteiger partial charge >= 0.3 is 0 Å². The molecule has 1 aliphatic carbocycles. The van der Waals surface area contributed by atoms with Gasteiger partial charge < -0.3 is 0 Å². The van der Waals surface area contributed by atoms with Crippen LogP contribution in [-0.4, -0.2) is 0 Å². The van der Waals surface area contributed by atoms with Crippen molar-refractivity contribution >= 4 is 0 Å². The van der Waals surface area contributed by atoms with Crippen molar-refractivity contribution in [3.63, 3.8) is 0 Å². The predicted octanol–water partition coefficient (Wildman–Crippen LogP) is 3.22. The molecular weight excluding hydrogens is 108 g/mol. The Labute approximate surface area is 58.7 Å². The second-order valence-electron chi connectivity index (χ2n) is 3.43. The molecule has 1 aliphatic rings. The molecule has 0 radical (unpaired) electrons. The molecular formula is C9H18. The quantitative estimate of drug-likeness (QED) is 0.533. The molecule has 0 heterocycles. The van der Waals surface area contributed by atoms with Crippen LogP contribution < -0.4 is 0 Å². The standard InChI is InChI=1S/C9H18/c1-3-8(2)9-6-4-5-7-9/h8-9H,3-7H2,1-2H3/t8-/m0/s1. The zero-order valence-electron chi connectivity index (χ0n) is 6.69. The van der Waals surface area contributed by atoms with Crippen LogP contribution in [0.1, 0.15) is 46.0 Å². The largest absolute Gasteiger partial charge is 0.0651 e. The first-order valence-electron chi connectivity index (χ1n) is 4.34. The maximum atomic E-state index is 2.40. The Morgan fingerprint density at radius 3 is 2.33 bits per heavy atom. The highest BCUT2D eigenvalue weighted by Gasteiger charge is 2.19. The van der Waals surface area contributed by atoms with E-state index in [0.29, 0.717) is 0 Å². The molecule has 0 aromatic rings. The summed E-state index contributed by atoms with van der Waals surface area (Å²) in [6, 6.07) is 0. The molecule has 0 aromatic heterocycles. The normalized spacial score (nSPS) is 24.7. The van der Waals surface area contributed by atoms with Crippen LogP contribution in [0.2, 0.25) is 0 Å². The van der Waals surface area contributed by atoms with Gasteiger partial charge in [0, 0.05) is 0 Å². The predicted molar refractivity (Wildman–Crippen MR) is 41.4 cm³/mol. The van der Waals surface area contributed by atoms with Crippen molar-refractivity contribution in [3.05, 3.63) is 0 Å². The Morgan fingerprint density at radius 2 is 1.89 bits per heavy atom. The summed E-state index contributed by atoms with van der Waals surface area (Å²) in [6.45, 7) is 4.71. The van der Waals surface area contributed by atoms with Crippen molar-refractivity contribution in [1.82, 2.24) is 0 Å². The molecule has 0 amide bonds. The Bertz CT molecular complexity index is 70.1. The molecule has 0 unspecified atom stereocenters. The highest BCUT2D eigenvalue weighted by atomic mass is 14.2. The van der Waals surface area contributed by atoms with Gasteiger partial charge in [-0.15, -0.1) is 0 Å². The molecule has 0 heteroatoms. The first-order chi connectivity index (χ1) is 4.34. The zero-order chi connectivity index (χ0) is 6.69. The fraction of sp³-hybridized carbons (Fsp3) is 1.00. The summed E-state index contributed by atoms with van der Waals surface area (Å²) in [4.78, 5) is 0. The SMILES string of the molecule is CC[C@H](C)C1CCCC1. The van der Waals surface area contributed by atoms with E-state index in [1.54, 1.807) is 0 Å². The summed E-state index contributed by atoms with van der Waals surface area (Å²) in [5, 5.41) is 0. The first kappa shape index (κ1) is 7.11. The van der Waals surface area contributed by atoms with Gasteiger partial charge in [-0.1, -0.05) is 46.0 Å². The molecule has 54 valence electrons. The van der Waals surface area contributed by atoms with E-state index >= 15 is 0 Å². The van der Waals surface area contributed by atoms with Crippen molar-refractivity contribution in [2.24, 2.45) is 11.8 Å². The van der Waals surface area contributed by atoms with E-state index in [1.165, 1.54) is 32.1 Å². The van der Waals surface area contributed by atoms with Gasteiger partial charge in [-0.2, -0.15) is 0 Å². The van der Waals surface area contributed by atoms with Crippen molar-refractivity contribution in [2.75, 3.05) is 0 Å². The third-order valence-electron chi connectivity index (χ3n) is 2.85. The van der Waals surface area contributed by atoms with Crippen LogP contribution in [-0.2, 0) is 0 Å². The summed E-state index contributed by atoms with van der Waals surface area (Å²) in [6.07, 6.45) is 7.39. The third kappa shape index (κ3) is 1.70. The van der Waals surface area contributed by atoms with E-state index in [9.17, 15) is 0 Å². The average Bonchev–Trinajstić information content (AvgIpc) is 2.37. The molecule has 0 aliphatic heterocycles. The third-order valence-corrected chi connectivity index (χ3v) is 2.85. The minimum absolute atomic E-state index is 0.993. The molecule has 1 rings (SSSR count). The smallest absolute Gasteiger partial charge is 0.0389 e. The van der Waals surface area contributed by atoms with Crippen LogP contribution in [0.3, 0.4) is 0 Å². The molecule has 0 aromatic carbocycles. The second-order valence-corrected chi connectivity index (χ2v) is 3.43. The lowest BCUT2D eigenvalue weighted by molar-refractivity contribution is 0.357. The van der Waals surface area contributed by atoms with Gasteiger partial charge in [-0.25, -0.2) is 0 Å². The van der Waals surface area contributed by atoms with Crippen molar-refractivity contribution in [3.8, 4) is 0 Å². The lowest BCUT2D eigenvalue weighted by atomic mass is 9.91. The molecule has 1 saturated carbocycles. The molecule has 0 N–H and O–H groups in total. The first-order valence-corrected chi connectivity index (χ1v) is 4.34. The molecule has 0 nitrogen and oxygen atoms in total. The van der Waals surface area contributed by atoms with E-state index in [0.717, 1.165) is 11.8 Å². The van der Waals surface area contributed by atoms with Gasteiger partial charge in [0.25, 0.3) is 0 Å². The minimum atomic E-state index is 0.993. The highest BCUT2D eigenvalue weighted by molar-refractivity contribution is 4.71. The van der Waals surface area contributed by atoms with E-state index in [2.05, 4.69) is 13.8 Å². The molecule has 9 heavy (non-hydrogen) atoms. The fourth-order valence-electron chi connectivity index (χ4n) is 1.86. The van der Waals surface area contributed by atoms with E-state index < -0.39 is 0 Å².